The van der Waals surface area contributed by atoms with Crippen molar-refractivity contribution in [1.29, 1.82) is 0 Å². The summed E-state index contributed by atoms with van der Waals surface area (Å²) in [5.41, 5.74) is 11.0. The van der Waals surface area contributed by atoms with Crippen molar-refractivity contribution in [3.63, 3.8) is 0 Å². The molecule has 0 aliphatic carbocycles. The van der Waals surface area contributed by atoms with Crippen LogP contribution in [0.5, 0.6) is 0 Å². The van der Waals surface area contributed by atoms with Crippen LogP contribution in [0.15, 0.2) is 176 Å². The Morgan fingerprint density at radius 2 is 0.628 bits per heavy atom. The van der Waals surface area contributed by atoms with Gasteiger partial charge in [0.15, 0.2) is 0 Å². The van der Waals surface area contributed by atoms with Crippen molar-refractivity contribution in [3.05, 3.63) is 181 Å². The number of benzene rings is 6. The highest BCUT2D eigenvalue weighted by Crippen LogP contribution is 2.49. The molecule has 0 aromatic heterocycles. The van der Waals surface area contributed by atoms with E-state index in [1.807, 2.05) is 0 Å². The molecule has 0 aliphatic heterocycles. The van der Waals surface area contributed by atoms with Crippen molar-refractivity contribution in [2.45, 2.75) is 6.92 Å². The highest BCUT2D eigenvalue weighted by atomic mass is 14.2. The maximum absolute atomic E-state index is 2.29. The van der Waals surface area contributed by atoms with Crippen LogP contribution < -0.4 is 0 Å². The van der Waals surface area contributed by atoms with Gasteiger partial charge in [-0.15, -0.1) is 0 Å². The number of fused-ring (bicyclic) bond motifs is 2. The van der Waals surface area contributed by atoms with Gasteiger partial charge in [0.1, 0.15) is 0 Å². The minimum Gasteiger partial charge on any atom is -0.0622 e. The fourth-order valence-electron chi connectivity index (χ4n) is 6.38. The van der Waals surface area contributed by atoms with Gasteiger partial charge in [0, 0.05) is 0 Å². The van der Waals surface area contributed by atoms with E-state index in [9.17, 15) is 0 Å². The van der Waals surface area contributed by atoms with Crippen molar-refractivity contribution in [2.24, 2.45) is 0 Å². The van der Waals surface area contributed by atoms with Gasteiger partial charge in [-0.05, 0) is 78.5 Å². The second kappa shape index (κ2) is 11.8. The fraction of sp³-hybridized carbons (Fsp3) is 0.0233. The zero-order valence-electron chi connectivity index (χ0n) is 24.2. The maximum Gasteiger partial charge on any atom is -0.000520 e. The van der Waals surface area contributed by atoms with Crippen LogP contribution in [0.4, 0.5) is 0 Å². The average Bonchev–Trinajstić information content (AvgIpc) is 3.07. The largest absolute Gasteiger partial charge is 0.0622 e. The third-order valence-electron chi connectivity index (χ3n) is 8.23. The Morgan fingerprint density at radius 1 is 0.279 bits per heavy atom. The molecule has 0 bridgehead atoms. The van der Waals surface area contributed by atoms with Gasteiger partial charge in [-0.1, -0.05) is 176 Å². The van der Waals surface area contributed by atoms with Crippen LogP contribution in [-0.2, 0) is 0 Å². The first kappa shape index (κ1) is 26.4. The van der Waals surface area contributed by atoms with Crippen LogP contribution >= 0.6 is 0 Å². The molecule has 0 saturated heterocycles. The van der Waals surface area contributed by atoms with Gasteiger partial charge in [0.05, 0.1) is 0 Å². The van der Waals surface area contributed by atoms with Crippen molar-refractivity contribution in [1.82, 2.24) is 0 Å². The summed E-state index contributed by atoms with van der Waals surface area (Å²) in [5, 5.41) is 4.99. The van der Waals surface area contributed by atoms with Crippen molar-refractivity contribution in [3.8, 4) is 44.5 Å². The number of aryl methyl sites for hydroxylation is 1. The molecule has 0 fully saturated rings. The van der Waals surface area contributed by atoms with E-state index in [1.54, 1.807) is 0 Å². The second-order valence-corrected chi connectivity index (χ2v) is 10.9. The van der Waals surface area contributed by atoms with Gasteiger partial charge in [-0.2, -0.15) is 0 Å². The quantitative estimate of drug-likeness (QED) is 0.205. The summed E-state index contributed by atoms with van der Waals surface area (Å²) < 4.78 is 0. The molecule has 0 unspecified atom stereocenters. The molecule has 0 amide bonds. The van der Waals surface area contributed by atoms with E-state index in [4.69, 9.17) is 0 Å². The van der Waals surface area contributed by atoms with E-state index < -0.39 is 0 Å². The lowest BCUT2D eigenvalue weighted by Crippen LogP contribution is -1.95. The molecule has 0 heterocycles. The molecule has 0 radical (unpaired) electrons. The first-order valence-corrected chi connectivity index (χ1v) is 14.9. The average molecular weight is 549 g/mol. The molecule has 0 saturated carbocycles. The summed E-state index contributed by atoms with van der Waals surface area (Å²) in [4.78, 5) is 0. The molecular weight excluding hydrogens is 516 g/mol. The van der Waals surface area contributed by atoms with E-state index in [1.165, 1.54) is 71.6 Å². The monoisotopic (exact) mass is 548 g/mol. The third kappa shape index (κ3) is 4.98. The van der Waals surface area contributed by atoms with E-state index in [0.29, 0.717) is 0 Å². The number of hydrogen-bond acceptors (Lipinski definition) is 0. The lowest BCUT2D eigenvalue weighted by Gasteiger charge is -2.22. The Hall–Kier alpha value is -5.46. The molecule has 204 valence electrons. The Bertz CT molecular complexity index is 2090. The molecule has 7 aromatic rings. The van der Waals surface area contributed by atoms with Crippen LogP contribution in [0, 0.1) is 6.92 Å². The Kier molecular flexibility index (Phi) is 7.26. The molecule has 0 nitrogen and oxygen atoms in total. The van der Waals surface area contributed by atoms with E-state index >= 15 is 0 Å². The smallest absolute Gasteiger partial charge is 0.000520 e. The third-order valence-corrected chi connectivity index (χ3v) is 8.23. The van der Waals surface area contributed by atoms with Crippen LogP contribution in [0.3, 0.4) is 0 Å². The van der Waals surface area contributed by atoms with Gasteiger partial charge < -0.3 is 0 Å². The zero-order valence-corrected chi connectivity index (χ0v) is 24.2. The maximum atomic E-state index is 2.29. The standard InChI is InChI=1S/C43H32/c1-31-19-7-2-16-28-36(32-20-8-3-9-21-32)42-40(34-24-12-5-13-25-34)37-29-17-18-30-38(37)41(35-26-14-6-15-27-35)43(42)39(31)33-22-10-4-11-23-33/h2-30H,1H3. The van der Waals surface area contributed by atoms with E-state index in [0.717, 1.165) is 0 Å². The van der Waals surface area contributed by atoms with E-state index in [-0.39, 0.29) is 0 Å². The minimum atomic E-state index is 1.19. The SMILES string of the molecule is Cc1cccccc(-c2ccccc2)c2c(-c3ccccc3)c3ccccc3c(-c3ccccc3)c2c1-c1ccccc1. The molecular formula is C43H32. The molecule has 7 aromatic carbocycles. The zero-order chi connectivity index (χ0) is 29.0. The minimum absolute atomic E-state index is 1.19. The second-order valence-electron chi connectivity index (χ2n) is 10.9. The molecule has 0 atom stereocenters. The summed E-state index contributed by atoms with van der Waals surface area (Å²) in [7, 11) is 0. The van der Waals surface area contributed by atoms with Crippen LogP contribution in [-0.4, -0.2) is 0 Å². The fourth-order valence-corrected chi connectivity index (χ4v) is 6.38. The summed E-state index contributed by atoms with van der Waals surface area (Å²) in [6, 6.07) is 63.5. The van der Waals surface area contributed by atoms with Crippen LogP contribution in [0.1, 0.15) is 5.56 Å². The number of hydrogen-bond donors (Lipinski definition) is 0. The van der Waals surface area contributed by atoms with Gasteiger partial charge in [0.25, 0.3) is 0 Å². The van der Waals surface area contributed by atoms with Crippen LogP contribution in [0.25, 0.3) is 66.1 Å². The van der Waals surface area contributed by atoms with Gasteiger partial charge >= 0.3 is 0 Å². The summed E-state index contributed by atoms with van der Waals surface area (Å²) in [5.74, 6) is 0. The Balaban J connectivity index is 1.91. The van der Waals surface area contributed by atoms with Crippen molar-refractivity contribution >= 4 is 21.5 Å². The predicted molar refractivity (Wildman–Crippen MR) is 186 cm³/mol. The summed E-state index contributed by atoms with van der Waals surface area (Å²) in [6.45, 7) is 2.25. The normalized spacial score (nSPS) is 10.9. The highest BCUT2D eigenvalue weighted by Gasteiger charge is 2.21. The van der Waals surface area contributed by atoms with E-state index in [2.05, 4.69) is 183 Å². The lowest BCUT2D eigenvalue weighted by atomic mass is 9.81. The molecule has 0 N–H and O–H groups in total. The first-order chi connectivity index (χ1) is 21.3. The summed E-state index contributed by atoms with van der Waals surface area (Å²) in [6.07, 6.45) is 0. The van der Waals surface area contributed by atoms with Crippen molar-refractivity contribution in [2.75, 3.05) is 0 Å². The molecule has 0 heteroatoms. The highest BCUT2D eigenvalue weighted by molar-refractivity contribution is 6.27. The Morgan fingerprint density at radius 3 is 1.12 bits per heavy atom. The lowest BCUT2D eigenvalue weighted by molar-refractivity contribution is 1.49. The summed E-state index contributed by atoms with van der Waals surface area (Å²) >= 11 is 0. The predicted octanol–water partition coefficient (Wildman–Crippen LogP) is 12.1. The van der Waals surface area contributed by atoms with Gasteiger partial charge in [0.2, 0.25) is 0 Å². The number of rotatable bonds is 4. The topological polar surface area (TPSA) is 0 Å². The van der Waals surface area contributed by atoms with Gasteiger partial charge in [-0.25, -0.2) is 0 Å². The first-order valence-electron chi connectivity index (χ1n) is 14.9. The van der Waals surface area contributed by atoms with Crippen LogP contribution in [0.2, 0.25) is 0 Å². The molecule has 7 rings (SSSR count). The molecule has 0 spiro atoms. The molecule has 0 aliphatic rings. The Labute approximate surface area is 253 Å². The van der Waals surface area contributed by atoms with Gasteiger partial charge in [-0.3, -0.25) is 0 Å². The molecule has 43 heavy (non-hydrogen) atoms. The van der Waals surface area contributed by atoms with Crippen molar-refractivity contribution < 1.29 is 0 Å².